The quantitative estimate of drug-likeness (QED) is 0.759. The molecule has 0 atom stereocenters. The minimum absolute atomic E-state index is 0. The smallest absolute Gasteiger partial charge is 0.234 e. The lowest BCUT2D eigenvalue weighted by Gasteiger charge is -2.18. The van der Waals surface area contributed by atoms with Crippen LogP contribution in [0.4, 0.5) is 0 Å². The highest BCUT2D eigenvalue weighted by atomic mass is 35.5. The van der Waals surface area contributed by atoms with Gasteiger partial charge in [-0.2, -0.15) is 5.10 Å². The molecule has 2 heterocycles. The fourth-order valence-electron chi connectivity index (χ4n) is 2.07. The molecule has 0 aliphatic rings. The summed E-state index contributed by atoms with van der Waals surface area (Å²) < 4.78 is 5.15. The van der Waals surface area contributed by atoms with Crippen LogP contribution in [-0.2, 0) is 23.3 Å². The number of nitrogens with one attached hydrogen (secondary N) is 3. The van der Waals surface area contributed by atoms with E-state index in [2.05, 4.69) is 41.6 Å². The zero-order valence-electron chi connectivity index (χ0n) is 13.1. The lowest BCUT2D eigenvalue weighted by molar-refractivity contribution is -0.120. The lowest BCUT2D eigenvalue weighted by Crippen LogP contribution is -2.33. The maximum absolute atomic E-state index is 11.7. The second-order valence-electron chi connectivity index (χ2n) is 5.98. The van der Waals surface area contributed by atoms with E-state index in [1.165, 1.54) is 0 Å². The first-order valence-electron chi connectivity index (χ1n) is 6.99. The lowest BCUT2D eigenvalue weighted by atomic mass is 9.89. The van der Waals surface area contributed by atoms with Crippen LogP contribution in [0.1, 0.15) is 37.8 Å². The highest BCUT2D eigenvalue weighted by Crippen LogP contribution is 2.22. The van der Waals surface area contributed by atoms with Crippen molar-refractivity contribution in [2.75, 3.05) is 6.54 Å². The number of hydrogen-bond acceptors (Lipinski definition) is 4. The van der Waals surface area contributed by atoms with Crippen molar-refractivity contribution in [2.24, 2.45) is 0 Å². The van der Waals surface area contributed by atoms with Gasteiger partial charge in [-0.15, -0.1) is 12.4 Å². The van der Waals surface area contributed by atoms with Crippen molar-refractivity contribution in [3.8, 4) is 0 Å². The van der Waals surface area contributed by atoms with Crippen LogP contribution >= 0.6 is 12.4 Å². The minimum Gasteiger partial charge on any atom is -0.467 e. The molecule has 0 spiro atoms. The number of H-pyrrole nitrogens is 1. The van der Waals surface area contributed by atoms with Crippen LogP contribution < -0.4 is 10.6 Å². The molecule has 0 saturated heterocycles. The van der Waals surface area contributed by atoms with Crippen molar-refractivity contribution in [3.05, 3.63) is 41.6 Å². The van der Waals surface area contributed by atoms with Gasteiger partial charge in [0.1, 0.15) is 5.76 Å². The molecular formula is C15H23ClN4O2. The molecule has 0 unspecified atom stereocenters. The third kappa shape index (κ3) is 5.20. The summed E-state index contributed by atoms with van der Waals surface area (Å²) in [7, 11) is 0. The average Bonchev–Trinajstić information content (AvgIpc) is 3.06. The molecule has 0 fully saturated rings. The van der Waals surface area contributed by atoms with Crippen LogP contribution in [0.15, 0.2) is 29.0 Å². The third-order valence-corrected chi connectivity index (χ3v) is 3.11. The van der Waals surface area contributed by atoms with Crippen LogP contribution in [-0.4, -0.2) is 22.6 Å². The van der Waals surface area contributed by atoms with E-state index in [9.17, 15) is 4.79 Å². The van der Waals surface area contributed by atoms with E-state index in [4.69, 9.17) is 4.42 Å². The van der Waals surface area contributed by atoms with Gasteiger partial charge in [0.15, 0.2) is 0 Å². The first-order chi connectivity index (χ1) is 9.97. The standard InChI is InChI=1S/C15H22N4O2.ClH/c1-15(2,3)14-11(8-18-19-14)7-16-10-13(20)17-9-12-5-4-6-21-12;/h4-6,8,16H,7,9-10H2,1-3H3,(H,17,20)(H,18,19);1H. The summed E-state index contributed by atoms with van der Waals surface area (Å²) >= 11 is 0. The summed E-state index contributed by atoms with van der Waals surface area (Å²) in [6.07, 6.45) is 3.39. The first-order valence-corrected chi connectivity index (χ1v) is 6.99. The number of rotatable bonds is 6. The van der Waals surface area contributed by atoms with E-state index in [0.29, 0.717) is 13.1 Å². The molecule has 0 saturated carbocycles. The summed E-state index contributed by atoms with van der Waals surface area (Å²) in [4.78, 5) is 11.7. The number of nitrogens with zero attached hydrogens (tertiary/aromatic N) is 1. The Morgan fingerprint density at radius 1 is 1.36 bits per heavy atom. The van der Waals surface area contributed by atoms with Crippen LogP contribution in [0.2, 0.25) is 0 Å². The van der Waals surface area contributed by atoms with Crippen LogP contribution in [0.25, 0.3) is 0 Å². The van der Waals surface area contributed by atoms with E-state index in [0.717, 1.165) is 17.0 Å². The Bertz CT molecular complexity index is 573. The molecule has 2 aromatic rings. The van der Waals surface area contributed by atoms with Crippen molar-refractivity contribution in [3.63, 3.8) is 0 Å². The van der Waals surface area contributed by atoms with Crippen molar-refractivity contribution in [2.45, 2.75) is 39.3 Å². The van der Waals surface area contributed by atoms with Crippen molar-refractivity contribution in [1.29, 1.82) is 0 Å². The van der Waals surface area contributed by atoms with Crippen molar-refractivity contribution < 1.29 is 9.21 Å². The number of aromatic amines is 1. The topological polar surface area (TPSA) is 83.0 Å². The molecule has 0 aliphatic heterocycles. The molecule has 122 valence electrons. The molecule has 6 nitrogen and oxygen atoms in total. The van der Waals surface area contributed by atoms with Gasteiger partial charge in [0.2, 0.25) is 5.91 Å². The summed E-state index contributed by atoms with van der Waals surface area (Å²) in [5.74, 6) is 0.681. The molecule has 1 amide bonds. The Labute approximate surface area is 136 Å². The summed E-state index contributed by atoms with van der Waals surface area (Å²) in [6, 6.07) is 3.63. The zero-order chi connectivity index (χ0) is 15.3. The molecule has 3 N–H and O–H groups in total. The Kier molecular flexibility index (Phi) is 6.64. The number of carbonyl (C=O) groups excluding carboxylic acids is 1. The third-order valence-electron chi connectivity index (χ3n) is 3.11. The Morgan fingerprint density at radius 2 is 2.14 bits per heavy atom. The van der Waals surface area contributed by atoms with E-state index >= 15 is 0 Å². The fourth-order valence-corrected chi connectivity index (χ4v) is 2.07. The van der Waals surface area contributed by atoms with Gasteiger partial charge < -0.3 is 15.1 Å². The molecular weight excluding hydrogens is 304 g/mol. The first kappa shape index (κ1) is 18.3. The summed E-state index contributed by atoms with van der Waals surface area (Å²) in [6.45, 7) is 7.65. The van der Waals surface area contributed by atoms with Crippen LogP contribution in [0.5, 0.6) is 0 Å². The molecule has 2 rings (SSSR count). The molecule has 22 heavy (non-hydrogen) atoms. The highest BCUT2D eigenvalue weighted by molar-refractivity contribution is 5.85. The summed E-state index contributed by atoms with van der Waals surface area (Å²) in [5.41, 5.74) is 2.18. The van der Waals surface area contributed by atoms with Gasteiger partial charge in [-0.1, -0.05) is 20.8 Å². The zero-order valence-corrected chi connectivity index (χ0v) is 13.9. The van der Waals surface area contributed by atoms with Gasteiger partial charge in [-0.05, 0) is 12.1 Å². The number of hydrogen-bond donors (Lipinski definition) is 3. The van der Waals surface area contributed by atoms with Gasteiger partial charge in [-0.3, -0.25) is 9.89 Å². The maximum atomic E-state index is 11.7. The van der Waals surface area contributed by atoms with Crippen molar-refractivity contribution in [1.82, 2.24) is 20.8 Å². The molecule has 0 aromatic carbocycles. The van der Waals surface area contributed by atoms with Gasteiger partial charge in [0.05, 0.1) is 25.5 Å². The molecule has 7 heteroatoms. The Hall–Kier alpha value is -1.79. The highest BCUT2D eigenvalue weighted by Gasteiger charge is 2.19. The molecule has 0 aliphatic carbocycles. The largest absolute Gasteiger partial charge is 0.467 e. The van der Waals surface area contributed by atoms with E-state index in [-0.39, 0.29) is 30.3 Å². The number of carbonyl (C=O) groups is 1. The SMILES string of the molecule is CC(C)(C)c1[nH]ncc1CNCC(=O)NCc1ccco1.Cl. The number of aromatic nitrogens is 2. The van der Waals surface area contributed by atoms with E-state index in [1.807, 2.05) is 6.07 Å². The van der Waals surface area contributed by atoms with Gasteiger partial charge in [0.25, 0.3) is 0 Å². The van der Waals surface area contributed by atoms with E-state index < -0.39 is 0 Å². The monoisotopic (exact) mass is 326 g/mol. The minimum atomic E-state index is -0.0628. The van der Waals surface area contributed by atoms with Crippen LogP contribution in [0.3, 0.4) is 0 Å². The van der Waals surface area contributed by atoms with Gasteiger partial charge >= 0.3 is 0 Å². The van der Waals surface area contributed by atoms with Crippen molar-refractivity contribution >= 4 is 18.3 Å². The second kappa shape index (κ2) is 8.00. The number of halogens is 1. The van der Waals surface area contributed by atoms with E-state index in [1.54, 1.807) is 18.5 Å². The summed E-state index contributed by atoms with van der Waals surface area (Å²) in [5, 5.41) is 13.0. The fraction of sp³-hybridized carbons (Fsp3) is 0.467. The van der Waals surface area contributed by atoms with Gasteiger partial charge in [0, 0.05) is 23.2 Å². The average molecular weight is 327 g/mol. The van der Waals surface area contributed by atoms with Crippen LogP contribution in [0, 0.1) is 0 Å². The number of furan rings is 1. The number of amides is 1. The Morgan fingerprint density at radius 3 is 2.77 bits per heavy atom. The maximum Gasteiger partial charge on any atom is 0.234 e. The second-order valence-corrected chi connectivity index (χ2v) is 5.98. The molecule has 2 aromatic heterocycles. The Balaban J connectivity index is 0.00000242. The predicted octanol–water partition coefficient (Wildman–Crippen LogP) is 2.13. The van der Waals surface area contributed by atoms with Gasteiger partial charge in [-0.25, -0.2) is 0 Å². The predicted molar refractivity (Wildman–Crippen MR) is 86.8 cm³/mol. The normalized spacial score (nSPS) is 11.0. The molecule has 0 radical (unpaired) electrons. The molecule has 0 bridgehead atoms.